The zero-order valence-corrected chi connectivity index (χ0v) is 17.3. The Morgan fingerprint density at radius 1 is 0.967 bits per heavy atom. The van der Waals surface area contributed by atoms with E-state index < -0.39 is 54.5 Å². The fourth-order valence-electron chi connectivity index (χ4n) is 2.65. The van der Waals surface area contributed by atoms with Crippen molar-refractivity contribution in [3.05, 3.63) is 35.9 Å². The number of carboxylic acids is 1. The third-order valence-corrected chi connectivity index (χ3v) is 4.37. The van der Waals surface area contributed by atoms with Gasteiger partial charge in [-0.1, -0.05) is 44.2 Å². The van der Waals surface area contributed by atoms with Crippen molar-refractivity contribution in [1.29, 1.82) is 0 Å². The van der Waals surface area contributed by atoms with Crippen molar-refractivity contribution >= 4 is 23.7 Å². The minimum Gasteiger partial charge on any atom is -0.480 e. The fourth-order valence-corrected chi connectivity index (χ4v) is 2.65. The predicted octanol–water partition coefficient (Wildman–Crippen LogP) is -1.24. The Labute approximate surface area is 175 Å². The van der Waals surface area contributed by atoms with Gasteiger partial charge in [0.2, 0.25) is 17.7 Å². The van der Waals surface area contributed by atoms with Gasteiger partial charge in [-0.2, -0.15) is 0 Å². The molecule has 0 saturated heterocycles. The summed E-state index contributed by atoms with van der Waals surface area (Å²) in [5.74, 6) is -3.58. The first kappa shape index (κ1) is 25.1. The molecule has 10 nitrogen and oxygen atoms in total. The Morgan fingerprint density at radius 3 is 2.07 bits per heavy atom. The first-order valence-electron chi connectivity index (χ1n) is 9.60. The summed E-state index contributed by atoms with van der Waals surface area (Å²) >= 11 is 0. The van der Waals surface area contributed by atoms with E-state index >= 15 is 0 Å². The topological polar surface area (TPSA) is 171 Å². The molecule has 7 N–H and O–H groups in total. The first-order valence-corrected chi connectivity index (χ1v) is 9.60. The summed E-state index contributed by atoms with van der Waals surface area (Å²) in [4.78, 5) is 47.8. The number of aliphatic hydroxyl groups is 1. The first-order chi connectivity index (χ1) is 14.0. The number of amides is 3. The van der Waals surface area contributed by atoms with Crippen LogP contribution in [0, 0.1) is 5.92 Å². The van der Waals surface area contributed by atoms with Crippen LogP contribution < -0.4 is 21.7 Å². The van der Waals surface area contributed by atoms with Crippen molar-refractivity contribution in [2.24, 2.45) is 11.7 Å². The zero-order chi connectivity index (χ0) is 22.8. The summed E-state index contributed by atoms with van der Waals surface area (Å²) < 4.78 is 0. The smallest absolute Gasteiger partial charge is 0.328 e. The monoisotopic (exact) mass is 422 g/mol. The van der Waals surface area contributed by atoms with E-state index in [9.17, 15) is 24.3 Å². The van der Waals surface area contributed by atoms with Gasteiger partial charge in [-0.25, -0.2) is 4.79 Å². The Hall–Kier alpha value is -2.98. The number of aliphatic carboxylic acids is 1. The number of aliphatic hydroxyl groups excluding tert-OH is 1. The van der Waals surface area contributed by atoms with Crippen LogP contribution in [-0.2, 0) is 25.6 Å². The van der Waals surface area contributed by atoms with Gasteiger partial charge in [-0.3, -0.25) is 14.4 Å². The van der Waals surface area contributed by atoms with Crippen molar-refractivity contribution in [2.75, 3.05) is 6.54 Å². The lowest BCUT2D eigenvalue weighted by molar-refractivity contribution is -0.144. The number of carbonyl (C=O) groups excluding carboxylic acids is 3. The normalized spacial score (nSPS) is 14.9. The second-order valence-corrected chi connectivity index (χ2v) is 7.37. The third-order valence-electron chi connectivity index (χ3n) is 4.37. The highest BCUT2D eigenvalue weighted by atomic mass is 16.4. The number of rotatable bonds is 11. The Morgan fingerprint density at radius 2 is 1.57 bits per heavy atom. The van der Waals surface area contributed by atoms with Crippen LogP contribution in [0.25, 0.3) is 0 Å². The molecule has 0 radical (unpaired) electrons. The quantitative estimate of drug-likeness (QED) is 0.259. The predicted molar refractivity (Wildman–Crippen MR) is 109 cm³/mol. The number of hydrogen-bond acceptors (Lipinski definition) is 6. The molecule has 0 saturated carbocycles. The Kier molecular flexibility index (Phi) is 9.93. The van der Waals surface area contributed by atoms with Crippen molar-refractivity contribution in [2.45, 2.75) is 51.4 Å². The van der Waals surface area contributed by atoms with Gasteiger partial charge in [0.1, 0.15) is 6.04 Å². The number of carboxylic acid groups (broad SMARTS) is 1. The van der Waals surface area contributed by atoms with E-state index in [1.807, 2.05) is 30.3 Å². The maximum Gasteiger partial charge on any atom is 0.328 e. The average molecular weight is 422 g/mol. The highest BCUT2D eigenvalue weighted by molar-refractivity contribution is 5.92. The molecule has 0 fully saturated rings. The number of benzene rings is 1. The van der Waals surface area contributed by atoms with Crippen LogP contribution in [0.1, 0.15) is 26.3 Å². The highest BCUT2D eigenvalue weighted by Gasteiger charge is 2.28. The minimum absolute atomic E-state index is 0.287. The molecule has 0 heterocycles. The summed E-state index contributed by atoms with van der Waals surface area (Å²) in [5, 5.41) is 25.4. The van der Waals surface area contributed by atoms with E-state index in [4.69, 9.17) is 10.8 Å². The average Bonchev–Trinajstić information content (AvgIpc) is 2.68. The van der Waals surface area contributed by atoms with E-state index in [2.05, 4.69) is 16.0 Å². The summed E-state index contributed by atoms with van der Waals surface area (Å²) in [6, 6.07) is 5.93. The molecule has 0 aliphatic rings. The molecule has 4 atom stereocenters. The number of nitrogens with one attached hydrogen (secondary N) is 3. The third kappa shape index (κ3) is 8.18. The molecule has 0 bridgehead atoms. The van der Waals surface area contributed by atoms with Crippen molar-refractivity contribution in [3.8, 4) is 0 Å². The van der Waals surface area contributed by atoms with E-state index in [0.717, 1.165) is 5.56 Å². The summed E-state index contributed by atoms with van der Waals surface area (Å²) in [5.41, 5.74) is 6.83. The number of carbonyl (C=O) groups is 4. The summed E-state index contributed by atoms with van der Waals surface area (Å²) in [6.45, 7) is 4.16. The SMILES string of the molecule is CC(C)C(NC(=O)C(N)Cc1ccccc1)C(=O)NCC(=O)NC(C(=O)O)C(C)O. The van der Waals surface area contributed by atoms with Crippen LogP contribution in [0.4, 0.5) is 0 Å². The van der Waals surface area contributed by atoms with Gasteiger partial charge in [-0.15, -0.1) is 0 Å². The van der Waals surface area contributed by atoms with Gasteiger partial charge in [0.25, 0.3) is 0 Å². The molecule has 30 heavy (non-hydrogen) atoms. The fraction of sp³-hybridized carbons (Fsp3) is 0.500. The summed E-state index contributed by atoms with van der Waals surface area (Å²) in [6.07, 6.45) is -1.01. The standard InChI is InChI=1S/C20H30N4O6/c1-11(2)16(24-18(27)14(21)9-13-7-5-4-6-8-13)19(28)22-10-15(26)23-17(12(3)25)20(29)30/h4-8,11-12,14,16-17,25H,9-10,21H2,1-3H3,(H,22,28)(H,23,26)(H,24,27)(H,29,30). The molecule has 4 unspecified atom stereocenters. The van der Waals surface area contributed by atoms with Crippen molar-refractivity contribution in [3.63, 3.8) is 0 Å². The molecule has 1 rings (SSSR count). The molecule has 0 spiro atoms. The lowest BCUT2D eigenvalue weighted by atomic mass is 10.0. The molecular weight excluding hydrogens is 392 g/mol. The molecule has 1 aromatic rings. The maximum absolute atomic E-state index is 12.4. The van der Waals surface area contributed by atoms with E-state index in [1.165, 1.54) is 6.92 Å². The van der Waals surface area contributed by atoms with Gasteiger partial charge in [0.05, 0.1) is 18.7 Å². The summed E-state index contributed by atoms with van der Waals surface area (Å²) in [7, 11) is 0. The van der Waals surface area contributed by atoms with E-state index in [-0.39, 0.29) is 5.92 Å². The molecule has 0 aliphatic heterocycles. The van der Waals surface area contributed by atoms with Crippen LogP contribution in [0.5, 0.6) is 0 Å². The molecule has 10 heteroatoms. The highest BCUT2D eigenvalue weighted by Crippen LogP contribution is 2.05. The van der Waals surface area contributed by atoms with Gasteiger partial charge >= 0.3 is 5.97 Å². The van der Waals surface area contributed by atoms with Crippen molar-refractivity contribution < 1.29 is 29.4 Å². The lowest BCUT2D eigenvalue weighted by Crippen LogP contribution is -2.56. The molecule has 1 aromatic carbocycles. The van der Waals surface area contributed by atoms with Crippen LogP contribution in [0.3, 0.4) is 0 Å². The van der Waals surface area contributed by atoms with Crippen LogP contribution in [0.2, 0.25) is 0 Å². The van der Waals surface area contributed by atoms with Gasteiger partial charge in [0.15, 0.2) is 6.04 Å². The van der Waals surface area contributed by atoms with Crippen LogP contribution in [-0.4, -0.2) is 64.7 Å². The molecule has 0 aliphatic carbocycles. The minimum atomic E-state index is -1.49. The largest absolute Gasteiger partial charge is 0.480 e. The second-order valence-electron chi connectivity index (χ2n) is 7.37. The number of hydrogen-bond donors (Lipinski definition) is 6. The second kappa shape index (κ2) is 11.9. The number of nitrogens with two attached hydrogens (primary N) is 1. The van der Waals surface area contributed by atoms with Gasteiger partial charge in [-0.05, 0) is 24.8 Å². The maximum atomic E-state index is 12.4. The molecule has 3 amide bonds. The zero-order valence-electron chi connectivity index (χ0n) is 17.3. The van der Waals surface area contributed by atoms with Gasteiger partial charge in [0, 0.05) is 0 Å². The molecular formula is C20H30N4O6. The van der Waals surface area contributed by atoms with Crippen LogP contribution in [0.15, 0.2) is 30.3 Å². The molecule has 0 aromatic heterocycles. The van der Waals surface area contributed by atoms with Crippen LogP contribution >= 0.6 is 0 Å². The Balaban J connectivity index is 2.62. The Bertz CT molecular complexity index is 738. The molecule has 166 valence electrons. The van der Waals surface area contributed by atoms with E-state index in [1.54, 1.807) is 13.8 Å². The van der Waals surface area contributed by atoms with Gasteiger partial charge < -0.3 is 31.9 Å². The lowest BCUT2D eigenvalue weighted by Gasteiger charge is -2.24. The van der Waals surface area contributed by atoms with Crippen molar-refractivity contribution in [1.82, 2.24) is 16.0 Å². The van der Waals surface area contributed by atoms with E-state index in [0.29, 0.717) is 6.42 Å².